The van der Waals surface area contributed by atoms with E-state index in [9.17, 15) is 9.18 Å². The monoisotopic (exact) mass is 318 g/mol. The maximum Gasteiger partial charge on any atom is 0.239 e. The van der Waals surface area contributed by atoms with E-state index < -0.39 is 17.8 Å². The zero-order valence-electron chi connectivity index (χ0n) is 12.9. The first-order valence-corrected chi connectivity index (χ1v) is 7.62. The smallest absolute Gasteiger partial charge is 0.239 e. The van der Waals surface area contributed by atoms with Crippen LogP contribution in [-0.2, 0) is 11.3 Å². The SMILES string of the molecule is CN(Cc1nnc(C2CCC2)o1)[C@@H](C(N)=O)c1cccc(F)c1. The Bertz CT molecular complexity index is 699. The molecular formula is C16H19FN4O2. The molecule has 7 heteroatoms. The van der Waals surface area contributed by atoms with Crippen LogP contribution in [0.5, 0.6) is 0 Å². The van der Waals surface area contributed by atoms with Crippen molar-refractivity contribution in [1.29, 1.82) is 0 Å². The van der Waals surface area contributed by atoms with Crippen LogP contribution in [0.15, 0.2) is 28.7 Å². The van der Waals surface area contributed by atoms with E-state index in [0.717, 1.165) is 12.8 Å². The molecule has 0 bridgehead atoms. The summed E-state index contributed by atoms with van der Waals surface area (Å²) in [4.78, 5) is 13.5. The fourth-order valence-corrected chi connectivity index (χ4v) is 2.77. The number of primary amides is 1. The van der Waals surface area contributed by atoms with Crippen molar-refractivity contribution in [3.05, 3.63) is 47.4 Å². The molecule has 0 saturated heterocycles. The molecule has 2 aromatic rings. The number of halogens is 1. The molecule has 0 aliphatic heterocycles. The summed E-state index contributed by atoms with van der Waals surface area (Å²) in [6.45, 7) is 0.268. The van der Waals surface area contributed by atoms with Crippen molar-refractivity contribution >= 4 is 5.91 Å². The van der Waals surface area contributed by atoms with Gasteiger partial charge in [-0.15, -0.1) is 10.2 Å². The van der Waals surface area contributed by atoms with Crippen molar-refractivity contribution in [1.82, 2.24) is 15.1 Å². The summed E-state index contributed by atoms with van der Waals surface area (Å²) in [6, 6.07) is 5.09. The highest BCUT2D eigenvalue weighted by Crippen LogP contribution is 2.35. The lowest BCUT2D eigenvalue weighted by molar-refractivity contribution is -0.123. The molecule has 1 amide bonds. The zero-order chi connectivity index (χ0) is 16.4. The average molecular weight is 318 g/mol. The molecule has 1 aliphatic carbocycles. The van der Waals surface area contributed by atoms with Crippen molar-refractivity contribution in [2.45, 2.75) is 37.8 Å². The van der Waals surface area contributed by atoms with E-state index in [1.807, 2.05) is 0 Å². The van der Waals surface area contributed by atoms with Gasteiger partial charge in [0.1, 0.15) is 11.9 Å². The number of rotatable bonds is 6. The van der Waals surface area contributed by atoms with E-state index in [1.165, 1.54) is 18.6 Å². The summed E-state index contributed by atoms with van der Waals surface area (Å²) in [5.74, 6) is 0.471. The van der Waals surface area contributed by atoms with Crippen molar-refractivity contribution in [3.8, 4) is 0 Å². The van der Waals surface area contributed by atoms with Crippen molar-refractivity contribution < 1.29 is 13.6 Å². The predicted molar refractivity (Wildman–Crippen MR) is 80.7 cm³/mol. The minimum absolute atomic E-state index is 0.268. The number of likely N-dealkylation sites (N-methyl/N-ethyl adjacent to an activating group) is 1. The van der Waals surface area contributed by atoms with Gasteiger partial charge >= 0.3 is 0 Å². The van der Waals surface area contributed by atoms with Gasteiger partial charge in [-0.3, -0.25) is 9.69 Å². The lowest BCUT2D eigenvalue weighted by atomic mass is 9.85. The Labute approximate surface area is 133 Å². The van der Waals surface area contributed by atoms with Crippen LogP contribution in [0.2, 0.25) is 0 Å². The molecule has 1 saturated carbocycles. The van der Waals surface area contributed by atoms with Crippen molar-refractivity contribution in [2.75, 3.05) is 7.05 Å². The minimum Gasteiger partial charge on any atom is -0.424 e. The van der Waals surface area contributed by atoms with E-state index in [2.05, 4.69) is 10.2 Å². The summed E-state index contributed by atoms with van der Waals surface area (Å²) in [5.41, 5.74) is 5.99. The van der Waals surface area contributed by atoms with Crippen LogP contribution in [0.4, 0.5) is 4.39 Å². The molecule has 1 atom stereocenters. The largest absolute Gasteiger partial charge is 0.424 e. The number of hydrogen-bond donors (Lipinski definition) is 1. The number of carbonyl (C=O) groups excluding carboxylic acids is 1. The zero-order valence-corrected chi connectivity index (χ0v) is 12.9. The third kappa shape index (κ3) is 3.39. The van der Waals surface area contributed by atoms with Crippen LogP contribution >= 0.6 is 0 Å². The van der Waals surface area contributed by atoms with Gasteiger partial charge in [0.2, 0.25) is 17.7 Å². The molecule has 1 aromatic carbocycles. The number of benzene rings is 1. The Kier molecular flexibility index (Phi) is 4.38. The Morgan fingerprint density at radius 3 is 2.87 bits per heavy atom. The van der Waals surface area contributed by atoms with Gasteiger partial charge in [0.15, 0.2) is 0 Å². The number of carbonyl (C=O) groups is 1. The molecule has 0 radical (unpaired) electrons. The van der Waals surface area contributed by atoms with Crippen LogP contribution in [0.1, 0.15) is 48.6 Å². The van der Waals surface area contributed by atoms with Gasteiger partial charge in [-0.2, -0.15) is 0 Å². The average Bonchev–Trinajstić information content (AvgIpc) is 2.84. The van der Waals surface area contributed by atoms with E-state index in [0.29, 0.717) is 23.3 Å². The number of hydrogen-bond acceptors (Lipinski definition) is 5. The third-order valence-corrected chi connectivity index (χ3v) is 4.20. The first-order valence-electron chi connectivity index (χ1n) is 7.62. The van der Waals surface area contributed by atoms with Gasteiger partial charge in [-0.05, 0) is 37.6 Å². The number of nitrogens with zero attached hydrogens (tertiary/aromatic N) is 3. The first-order chi connectivity index (χ1) is 11.0. The molecule has 1 heterocycles. The molecule has 6 nitrogen and oxygen atoms in total. The Balaban J connectivity index is 1.74. The fraction of sp³-hybridized carbons (Fsp3) is 0.438. The van der Waals surface area contributed by atoms with Gasteiger partial charge in [0, 0.05) is 5.92 Å². The Hall–Kier alpha value is -2.28. The molecule has 122 valence electrons. The normalized spacial score (nSPS) is 16.3. The molecule has 1 fully saturated rings. The van der Waals surface area contributed by atoms with E-state index >= 15 is 0 Å². The van der Waals surface area contributed by atoms with Crippen molar-refractivity contribution in [2.24, 2.45) is 5.73 Å². The van der Waals surface area contributed by atoms with Crippen molar-refractivity contribution in [3.63, 3.8) is 0 Å². The summed E-state index contributed by atoms with van der Waals surface area (Å²) >= 11 is 0. The lowest BCUT2D eigenvalue weighted by Gasteiger charge is -2.24. The molecule has 0 spiro atoms. The second kappa shape index (κ2) is 6.45. The Morgan fingerprint density at radius 2 is 2.26 bits per heavy atom. The molecule has 1 aliphatic rings. The number of aromatic nitrogens is 2. The van der Waals surface area contributed by atoms with Crippen LogP contribution in [0.25, 0.3) is 0 Å². The summed E-state index contributed by atoms with van der Waals surface area (Å²) in [6.07, 6.45) is 3.33. The summed E-state index contributed by atoms with van der Waals surface area (Å²) in [7, 11) is 1.72. The standard InChI is InChI=1S/C16H19FN4O2/c1-21(9-13-19-20-16(23-13)10-4-2-5-10)14(15(18)22)11-6-3-7-12(17)8-11/h3,6-8,10,14H,2,4-5,9H2,1H3,(H2,18,22)/t14-/m1/s1. The molecule has 1 aromatic heterocycles. The van der Waals surface area contributed by atoms with Crippen LogP contribution < -0.4 is 5.73 Å². The minimum atomic E-state index is -0.759. The molecule has 0 unspecified atom stereocenters. The van der Waals surface area contributed by atoms with E-state index in [4.69, 9.17) is 10.2 Å². The second-order valence-corrected chi connectivity index (χ2v) is 5.94. The summed E-state index contributed by atoms with van der Waals surface area (Å²) < 4.78 is 19.1. The predicted octanol–water partition coefficient (Wildman–Crippen LogP) is 2.13. The highest BCUT2D eigenvalue weighted by Gasteiger charge is 2.27. The van der Waals surface area contributed by atoms with Gasteiger partial charge < -0.3 is 10.2 Å². The lowest BCUT2D eigenvalue weighted by Crippen LogP contribution is -2.35. The van der Waals surface area contributed by atoms with Gasteiger partial charge in [0.05, 0.1) is 6.54 Å². The topological polar surface area (TPSA) is 85.2 Å². The number of nitrogens with two attached hydrogens (primary N) is 1. The molecular weight excluding hydrogens is 299 g/mol. The summed E-state index contributed by atoms with van der Waals surface area (Å²) in [5, 5.41) is 8.09. The fourth-order valence-electron chi connectivity index (χ4n) is 2.77. The molecule has 3 rings (SSSR count). The number of amides is 1. The highest BCUT2D eigenvalue weighted by molar-refractivity contribution is 5.81. The Morgan fingerprint density at radius 1 is 1.48 bits per heavy atom. The van der Waals surface area contributed by atoms with E-state index in [1.54, 1.807) is 24.1 Å². The van der Waals surface area contributed by atoms with Crippen LogP contribution in [-0.4, -0.2) is 28.1 Å². The van der Waals surface area contributed by atoms with Crippen LogP contribution in [0, 0.1) is 5.82 Å². The van der Waals surface area contributed by atoms with E-state index in [-0.39, 0.29) is 6.54 Å². The van der Waals surface area contributed by atoms with Gasteiger partial charge in [-0.25, -0.2) is 4.39 Å². The third-order valence-electron chi connectivity index (χ3n) is 4.20. The molecule has 2 N–H and O–H groups in total. The first kappa shape index (κ1) is 15.6. The second-order valence-electron chi connectivity index (χ2n) is 5.94. The van der Waals surface area contributed by atoms with Gasteiger partial charge in [0.25, 0.3) is 0 Å². The van der Waals surface area contributed by atoms with Gasteiger partial charge in [-0.1, -0.05) is 18.6 Å². The highest BCUT2D eigenvalue weighted by atomic mass is 19.1. The molecule has 23 heavy (non-hydrogen) atoms. The maximum absolute atomic E-state index is 13.4. The maximum atomic E-state index is 13.4. The van der Waals surface area contributed by atoms with Crippen LogP contribution in [0.3, 0.4) is 0 Å². The quantitative estimate of drug-likeness (QED) is 0.882.